The Bertz CT molecular complexity index is 1230. The minimum Gasteiger partial charge on any atom is -0.506 e. The number of carboxylic acids is 1. The molecule has 0 aromatic heterocycles. The third-order valence-electron chi connectivity index (χ3n) is 6.50. The molecule has 2 aliphatic rings. The van der Waals surface area contributed by atoms with Crippen LogP contribution in [0.25, 0.3) is 0 Å². The molecule has 2 aromatic rings. The Morgan fingerprint density at radius 3 is 2.48 bits per heavy atom. The standard InChI is InChI=1S/C23H26N2O7S/c1-12-8-9-14-6-4-5-7-16(14)25(12)33(30,31)19-10-15(18(32-3)11-17(19)26)24-22(27)20-13(2)21(20)23(28)29/h4-7,10-13,20-21,26H,8-9H2,1-3H3,(H,24,27)(H,28,29)/t12-,13+,20+,21-/m1/s1. The summed E-state index contributed by atoms with van der Waals surface area (Å²) in [7, 11) is -2.88. The van der Waals surface area contributed by atoms with Gasteiger partial charge >= 0.3 is 5.97 Å². The van der Waals surface area contributed by atoms with Crippen molar-refractivity contribution >= 4 is 33.3 Å². The third kappa shape index (κ3) is 3.88. The van der Waals surface area contributed by atoms with Crippen molar-refractivity contribution in [1.82, 2.24) is 0 Å². The average Bonchev–Trinajstić information content (AvgIpc) is 3.45. The van der Waals surface area contributed by atoms with Gasteiger partial charge in [-0.25, -0.2) is 8.42 Å². The van der Waals surface area contributed by atoms with E-state index in [1.165, 1.54) is 11.4 Å². The molecule has 0 saturated heterocycles. The fourth-order valence-corrected chi connectivity index (χ4v) is 6.43. The average molecular weight is 475 g/mol. The monoisotopic (exact) mass is 474 g/mol. The van der Waals surface area contributed by atoms with Gasteiger partial charge in [0.2, 0.25) is 5.91 Å². The van der Waals surface area contributed by atoms with Gasteiger partial charge in [0.05, 0.1) is 30.3 Å². The number of sulfonamides is 1. The summed E-state index contributed by atoms with van der Waals surface area (Å²) in [5.74, 6) is -3.90. The minimum atomic E-state index is -4.20. The molecule has 33 heavy (non-hydrogen) atoms. The molecular weight excluding hydrogens is 448 g/mol. The fourth-order valence-electron chi connectivity index (χ4n) is 4.61. The van der Waals surface area contributed by atoms with E-state index in [0.717, 1.165) is 24.1 Å². The Kier molecular flexibility index (Phi) is 5.73. The number of methoxy groups -OCH3 is 1. The maximum absolute atomic E-state index is 13.7. The van der Waals surface area contributed by atoms with Crippen molar-refractivity contribution in [3.8, 4) is 11.5 Å². The number of nitrogens with one attached hydrogen (secondary N) is 1. The molecule has 1 aliphatic carbocycles. The maximum Gasteiger partial charge on any atom is 0.307 e. The quantitative estimate of drug-likeness (QED) is 0.548. The Morgan fingerprint density at radius 1 is 1.15 bits per heavy atom. The largest absolute Gasteiger partial charge is 0.506 e. The number of rotatable bonds is 6. The van der Waals surface area contributed by atoms with Crippen molar-refractivity contribution in [2.75, 3.05) is 16.7 Å². The number of para-hydroxylation sites is 1. The zero-order valence-electron chi connectivity index (χ0n) is 18.5. The summed E-state index contributed by atoms with van der Waals surface area (Å²) in [6.07, 6.45) is 1.36. The summed E-state index contributed by atoms with van der Waals surface area (Å²) in [5.41, 5.74) is 1.48. The second kappa shape index (κ2) is 8.26. The van der Waals surface area contributed by atoms with Gasteiger partial charge in [0.1, 0.15) is 16.4 Å². The van der Waals surface area contributed by atoms with Crippen LogP contribution in [0, 0.1) is 17.8 Å². The molecule has 9 nitrogen and oxygen atoms in total. The van der Waals surface area contributed by atoms with Crippen molar-refractivity contribution in [1.29, 1.82) is 0 Å². The zero-order chi connectivity index (χ0) is 24.1. The Balaban J connectivity index is 1.73. The van der Waals surface area contributed by atoms with Crippen LogP contribution in [-0.2, 0) is 26.0 Å². The summed E-state index contributed by atoms with van der Waals surface area (Å²) in [6.45, 7) is 3.47. The molecule has 1 amide bonds. The number of aliphatic carboxylic acids is 1. The molecule has 0 radical (unpaired) electrons. The first kappa shape index (κ1) is 22.9. The minimum absolute atomic E-state index is 0.0417. The molecule has 10 heteroatoms. The Morgan fingerprint density at radius 2 is 1.85 bits per heavy atom. The number of anilines is 2. The second-order valence-electron chi connectivity index (χ2n) is 8.58. The van der Waals surface area contributed by atoms with Crippen molar-refractivity contribution in [3.63, 3.8) is 0 Å². The third-order valence-corrected chi connectivity index (χ3v) is 8.46. The summed E-state index contributed by atoms with van der Waals surface area (Å²) in [6, 6.07) is 9.16. The lowest BCUT2D eigenvalue weighted by Crippen LogP contribution is -2.42. The lowest BCUT2D eigenvalue weighted by Gasteiger charge is -2.36. The highest BCUT2D eigenvalue weighted by atomic mass is 32.2. The van der Waals surface area contributed by atoms with Crippen molar-refractivity contribution in [3.05, 3.63) is 42.0 Å². The number of benzene rings is 2. The van der Waals surface area contributed by atoms with E-state index in [1.54, 1.807) is 26.0 Å². The number of aromatic hydroxyl groups is 1. The van der Waals surface area contributed by atoms with Crippen LogP contribution in [0.15, 0.2) is 41.3 Å². The van der Waals surface area contributed by atoms with Gasteiger partial charge in [-0.2, -0.15) is 0 Å². The molecule has 0 bridgehead atoms. The molecule has 1 aliphatic heterocycles. The predicted octanol–water partition coefficient (Wildman–Crippen LogP) is 2.84. The van der Waals surface area contributed by atoms with Gasteiger partial charge in [-0.3, -0.25) is 13.9 Å². The first-order valence-corrected chi connectivity index (χ1v) is 12.1. The summed E-state index contributed by atoms with van der Waals surface area (Å²) in [5, 5.41) is 22.4. The lowest BCUT2D eigenvalue weighted by atomic mass is 9.99. The van der Waals surface area contributed by atoms with Crippen LogP contribution in [0.5, 0.6) is 11.5 Å². The van der Waals surface area contributed by atoms with Crippen LogP contribution >= 0.6 is 0 Å². The summed E-state index contributed by atoms with van der Waals surface area (Å²) in [4.78, 5) is 23.6. The molecule has 1 saturated carbocycles. The molecule has 4 atom stereocenters. The predicted molar refractivity (Wildman–Crippen MR) is 121 cm³/mol. The van der Waals surface area contributed by atoms with Crippen LogP contribution in [0.2, 0.25) is 0 Å². The van der Waals surface area contributed by atoms with Gasteiger partial charge in [0, 0.05) is 12.1 Å². The number of carbonyl (C=O) groups excluding carboxylic acids is 1. The number of carboxylic acid groups (broad SMARTS) is 1. The van der Waals surface area contributed by atoms with Crippen molar-refractivity contribution < 1.29 is 33.0 Å². The molecular formula is C23H26N2O7S. The van der Waals surface area contributed by atoms with E-state index in [4.69, 9.17) is 4.74 Å². The number of hydrogen-bond acceptors (Lipinski definition) is 6. The van der Waals surface area contributed by atoms with Crippen molar-refractivity contribution in [2.45, 2.75) is 37.6 Å². The number of aryl methyl sites for hydroxylation is 1. The first-order valence-electron chi connectivity index (χ1n) is 10.6. The Hall–Kier alpha value is -3.27. The van der Waals surface area contributed by atoms with Gasteiger partial charge in [-0.15, -0.1) is 0 Å². The molecule has 1 heterocycles. The van der Waals surface area contributed by atoms with Gasteiger partial charge in [0.25, 0.3) is 10.0 Å². The first-order chi connectivity index (χ1) is 15.6. The summed E-state index contributed by atoms with van der Waals surface area (Å²) >= 11 is 0. The van der Waals surface area contributed by atoms with Gasteiger partial charge in [-0.1, -0.05) is 25.1 Å². The molecule has 2 aromatic carbocycles. The number of hydrogen-bond donors (Lipinski definition) is 3. The number of phenolic OH excluding ortho intramolecular Hbond substituents is 1. The Labute approximate surface area is 192 Å². The van der Waals surface area contributed by atoms with Gasteiger partial charge < -0.3 is 20.3 Å². The number of fused-ring (bicyclic) bond motifs is 1. The molecule has 0 spiro atoms. The smallest absolute Gasteiger partial charge is 0.307 e. The highest BCUT2D eigenvalue weighted by Crippen LogP contribution is 2.47. The van der Waals surface area contributed by atoms with Gasteiger partial charge in [-0.05, 0) is 43.4 Å². The molecule has 176 valence electrons. The molecule has 4 rings (SSSR count). The van der Waals surface area contributed by atoms with E-state index in [9.17, 15) is 28.2 Å². The molecule has 0 unspecified atom stereocenters. The van der Waals surface area contributed by atoms with E-state index in [0.29, 0.717) is 12.1 Å². The normalized spacial score (nSPS) is 24.0. The maximum atomic E-state index is 13.7. The topological polar surface area (TPSA) is 133 Å². The van der Waals surface area contributed by atoms with Crippen LogP contribution in [-0.4, -0.2) is 43.7 Å². The number of amides is 1. The number of phenols is 1. The summed E-state index contributed by atoms with van der Waals surface area (Å²) < 4.78 is 33.9. The highest BCUT2D eigenvalue weighted by Gasteiger charge is 2.56. The molecule has 1 fully saturated rings. The van der Waals surface area contributed by atoms with Crippen LogP contribution < -0.4 is 14.4 Å². The fraction of sp³-hybridized carbons (Fsp3) is 0.391. The van der Waals surface area contributed by atoms with Crippen LogP contribution in [0.3, 0.4) is 0 Å². The van der Waals surface area contributed by atoms with Crippen LogP contribution in [0.1, 0.15) is 25.8 Å². The van der Waals surface area contributed by atoms with E-state index in [-0.39, 0.29) is 28.3 Å². The second-order valence-corrected chi connectivity index (χ2v) is 10.4. The van der Waals surface area contributed by atoms with Crippen LogP contribution in [0.4, 0.5) is 11.4 Å². The van der Waals surface area contributed by atoms with Gasteiger partial charge in [0.15, 0.2) is 0 Å². The van der Waals surface area contributed by atoms with Crippen molar-refractivity contribution in [2.24, 2.45) is 17.8 Å². The van der Waals surface area contributed by atoms with E-state index >= 15 is 0 Å². The molecule has 3 N–H and O–H groups in total. The van der Waals surface area contributed by atoms with E-state index < -0.39 is 39.5 Å². The number of nitrogens with zero attached hydrogens (tertiary/aromatic N) is 1. The number of carbonyl (C=O) groups is 2. The van der Waals surface area contributed by atoms with E-state index in [1.807, 2.05) is 12.1 Å². The van der Waals surface area contributed by atoms with E-state index in [2.05, 4.69) is 5.32 Å². The highest BCUT2D eigenvalue weighted by molar-refractivity contribution is 7.93. The number of ether oxygens (including phenoxy) is 1. The SMILES string of the molecule is COc1cc(O)c(S(=O)(=O)N2c3ccccc3CC[C@H]2C)cc1NC(=O)[C@H]1[C@H](C)[C@H]1C(=O)O. The lowest BCUT2D eigenvalue weighted by molar-refractivity contribution is -0.140. The zero-order valence-corrected chi connectivity index (χ0v) is 19.3.